The quantitative estimate of drug-likeness (QED) is 0.697. The first kappa shape index (κ1) is 17.0. The highest BCUT2D eigenvalue weighted by Crippen LogP contribution is 2.43. The van der Waals surface area contributed by atoms with Crippen molar-refractivity contribution in [3.63, 3.8) is 0 Å². The zero-order chi connectivity index (χ0) is 18.3. The number of hydrogen-bond acceptors (Lipinski definition) is 5. The highest BCUT2D eigenvalue weighted by atomic mass is 35.5. The molecule has 134 valence electrons. The lowest BCUT2D eigenvalue weighted by Crippen LogP contribution is -2.26. The van der Waals surface area contributed by atoms with Crippen LogP contribution in [0.2, 0.25) is 5.02 Å². The first-order valence-electron chi connectivity index (χ1n) is 8.03. The third-order valence-corrected chi connectivity index (χ3v) is 5.93. The van der Waals surface area contributed by atoms with E-state index in [9.17, 15) is 4.79 Å². The van der Waals surface area contributed by atoms with Gasteiger partial charge >= 0.3 is 0 Å². The van der Waals surface area contributed by atoms with Crippen LogP contribution < -0.4 is 19.5 Å². The fourth-order valence-electron chi connectivity index (χ4n) is 2.86. The number of carbonyl (C=O) groups is 1. The summed E-state index contributed by atoms with van der Waals surface area (Å²) in [6.45, 7) is 2.12. The molecule has 5 nitrogen and oxygen atoms in total. The number of ether oxygens (including phenoxy) is 3. The van der Waals surface area contributed by atoms with Crippen molar-refractivity contribution >= 4 is 38.9 Å². The van der Waals surface area contributed by atoms with E-state index in [0.717, 1.165) is 21.4 Å². The van der Waals surface area contributed by atoms with Crippen molar-refractivity contribution in [1.82, 2.24) is 5.32 Å². The van der Waals surface area contributed by atoms with Crippen LogP contribution in [0.3, 0.4) is 0 Å². The van der Waals surface area contributed by atoms with Crippen LogP contribution in [-0.4, -0.2) is 19.8 Å². The zero-order valence-electron chi connectivity index (χ0n) is 14.2. The number of thiophene rings is 1. The summed E-state index contributed by atoms with van der Waals surface area (Å²) >= 11 is 7.80. The van der Waals surface area contributed by atoms with Gasteiger partial charge in [0.05, 0.1) is 18.2 Å². The molecule has 1 aromatic heterocycles. The number of fused-ring (bicyclic) bond motifs is 2. The molecule has 4 rings (SSSR count). The molecular formula is C19H16ClNO4S. The van der Waals surface area contributed by atoms with Gasteiger partial charge in [-0.1, -0.05) is 23.7 Å². The minimum atomic E-state index is -0.214. The normalized spacial score (nSPS) is 13.7. The molecule has 1 atom stereocenters. The lowest BCUT2D eigenvalue weighted by Gasteiger charge is -2.14. The van der Waals surface area contributed by atoms with Crippen molar-refractivity contribution < 1.29 is 19.0 Å². The predicted octanol–water partition coefficient (Wildman–Crippen LogP) is 4.78. The van der Waals surface area contributed by atoms with Crippen molar-refractivity contribution in [3.05, 3.63) is 51.9 Å². The topological polar surface area (TPSA) is 56.8 Å². The summed E-state index contributed by atoms with van der Waals surface area (Å²) < 4.78 is 16.9. The molecule has 0 aliphatic carbocycles. The number of rotatable bonds is 4. The second-order valence-corrected chi connectivity index (χ2v) is 7.35. The lowest BCUT2D eigenvalue weighted by atomic mass is 10.1. The van der Waals surface area contributed by atoms with Crippen LogP contribution in [0.1, 0.15) is 28.2 Å². The number of carbonyl (C=O) groups excluding carboxylic acids is 1. The molecule has 0 bridgehead atoms. The standard InChI is InChI=1S/C19H16ClNO4S/c1-10(11-4-3-5-12(6-11)23-2)21-19(22)18-17(20)13-7-14-15(25-9-24-14)8-16(13)26-18/h3-8,10H,9H2,1-2H3,(H,21,22). The molecule has 0 fully saturated rings. The average Bonchev–Trinajstić information content (AvgIpc) is 3.24. The van der Waals surface area contributed by atoms with Gasteiger partial charge < -0.3 is 19.5 Å². The number of nitrogens with one attached hydrogen (secondary N) is 1. The molecule has 1 N–H and O–H groups in total. The summed E-state index contributed by atoms with van der Waals surface area (Å²) in [5.41, 5.74) is 0.954. The van der Waals surface area contributed by atoms with E-state index >= 15 is 0 Å². The number of halogens is 1. The minimum Gasteiger partial charge on any atom is -0.497 e. The van der Waals surface area contributed by atoms with Gasteiger partial charge in [-0.05, 0) is 30.7 Å². The predicted molar refractivity (Wildman–Crippen MR) is 102 cm³/mol. The maximum absolute atomic E-state index is 12.7. The van der Waals surface area contributed by atoms with Crippen LogP contribution in [0, 0.1) is 0 Å². The molecule has 1 unspecified atom stereocenters. The van der Waals surface area contributed by atoms with E-state index < -0.39 is 0 Å². The molecule has 3 aromatic rings. The van der Waals surface area contributed by atoms with E-state index in [4.69, 9.17) is 25.8 Å². The van der Waals surface area contributed by atoms with Crippen molar-refractivity contribution in [3.8, 4) is 17.2 Å². The highest BCUT2D eigenvalue weighted by molar-refractivity contribution is 7.21. The fourth-order valence-corrected chi connectivity index (χ4v) is 4.28. The smallest absolute Gasteiger partial charge is 0.263 e. The van der Waals surface area contributed by atoms with Crippen LogP contribution in [0.4, 0.5) is 0 Å². The molecule has 1 aliphatic rings. The van der Waals surface area contributed by atoms with Gasteiger partial charge in [0.1, 0.15) is 10.6 Å². The second kappa shape index (κ2) is 6.70. The number of benzene rings is 2. The average molecular weight is 390 g/mol. The van der Waals surface area contributed by atoms with Crippen molar-refractivity contribution in [2.24, 2.45) is 0 Å². The van der Waals surface area contributed by atoms with Crippen molar-refractivity contribution in [2.75, 3.05) is 13.9 Å². The van der Waals surface area contributed by atoms with E-state index in [1.165, 1.54) is 11.3 Å². The lowest BCUT2D eigenvalue weighted by molar-refractivity contribution is 0.0944. The third-order valence-electron chi connectivity index (χ3n) is 4.27. The molecule has 1 amide bonds. The fraction of sp³-hybridized carbons (Fsp3) is 0.211. The summed E-state index contributed by atoms with van der Waals surface area (Å²) in [6, 6.07) is 11.1. The van der Waals surface area contributed by atoms with Crippen LogP contribution >= 0.6 is 22.9 Å². The number of hydrogen-bond donors (Lipinski definition) is 1. The van der Waals surface area contributed by atoms with E-state index in [1.54, 1.807) is 7.11 Å². The highest BCUT2D eigenvalue weighted by Gasteiger charge is 2.23. The van der Waals surface area contributed by atoms with Crippen LogP contribution in [0.5, 0.6) is 17.2 Å². The van der Waals surface area contributed by atoms with Crippen molar-refractivity contribution in [1.29, 1.82) is 0 Å². The largest absolute Gasteiger partial charge is 0.497 e. The van der Waals surface area contributed by atoms with E-state index in [1.807, 2.05) is 43.3 Å². The van der Waals surface area contributed by atoms with E-state index in [2.05, 4.69) is 5.32 Å². The minimum absolute atomic E-state index is 0.185. The summed E-state index contributed by atoms with van der Waals surface area (Å²) in [7, 11) is 1.62. The van der Waals surface area contributed by atoms with Gasteiger partial charge in [0.25, 0.3) is 5.91 Å². The first-order valence-corrected chi connectivity index (χ1v) is 9.22. The molecule has 0 radical (unpaired) electrons. The van der Waals surface area contributed by atoms with E-state index in [0.29, 0.717) is 21.4 Å². The van der Waals surface area contributed by atoms with Gasteiger partial charge in [-0.25, -0.2) is 0 Å². The van der Waals surface area contributed by atoms with Gasteiger partial charge in [0.15, 0.2) is 11.5 Å². The summed E-state index contributed by atoms with van der Waals surface area (Å²) in [4.78, 5) is 13.2. The van der Waals surface area contributed by atoms with E-state index in [-0.39, 0.29) is 18.7 Å². The summed E-state index contributed by atoms with van der Waals surface area (Å²) in [6.07, 6.45) is 0. The molecule has 26 heavy (non-hydrogen) atoms. The van der Waals surface area contributed by atoms with Crippen LogP contribution in [-0.2, 0) is 0 Å². The van der Waals surface area contributed by atoms with Gasteiger partial charge in [0, 0.05) is 16.2 Å². The zero-order valence-corrected chi connectivity index (χ0v) is 15.7. The molecule has 2 aromatic carbocycles. The Labute approximate surface area is 159 Å². The molecule has 1 aliphatic heterocycles. The molecule has 0 saturated carbocycles. The summed E-state index contributed by atoms with van der Waals surface area (Å²) in [5.74, 6) is 1.85. The Bertz CT molecular complexity index is 1000. The van der Waals surface area contributed by atoms with Gasteiger partial charge in [-0.15, -0.1) is 11.3 Å². The first-order chi connectivity index (χ1) is 12.6. The third kappa shape index (κ3) is 2.95. The Hall–Kier alpha value is -2.44. The Morgan fingerprint density at radius 3 is 2.81 bits per heavy atom. The monoisotopic (exact) mass is 389 g/mol. The SMILES string of the molecule is COc1cccc(C(C)NC(=O)c2sc3cc4c(cc3c2Cl)OCO4)c1. The Morgan fingerprint density at radius 1 is 1.27 bits per heavy atom. The number of amides is 1. The van der Waals surface area contributed by atoms with Crippen LogP contribution in [0.15, 0.2) is 36.4 Å². The molecular weight excluding hydrogens is 374 g/mol. The Morgan fingerprint density at radius 2 is 2.04 bits per heavy atom. The molecule has 0 spiro atoms. The second-order valence-electron chi connectivity index (χ2n) is 5.92. The van der Waals surface area contributed by atoms with Gasteiger partial charge in [-0.3, -0.25) is 4.79 Å². The maximum Gasteiger partial charge on any atom is 0.263 e. The molecule has 0 saturated heterocycles. The van der Waals surface area contributed by atoms with Crippen molar-refractivity contribution in [2.45, 2.75) is 13.0 Å². The molecule has 2 heterocycles. The molecule has 7 heteroatoms. The van der Waals surface area contributed by atoms with Gasteiger partial charge in [-0.2, -0.15) is 0 Å². The Kier molecular flexibility index (Phi) is 4.38. The number of methoxy groups -OCH3 is 1. The van der Waals surface area contributed by atoms with Crippen LogP contribution in [0.25, 0.3) is 10.1 Å². The summed E-state index contributed by atoms with van der Waals surface area (Å²) in [5, 5.41) is 4.21. The Balaban J connectivity index is 1.60. The van der Waals surface area contributed by atoms with Gasteiger partial charge in [0.2, 0.25) is 6.79 Å². The maximum atomic E-state index is 12.7.